The highest BCUT2D eigenvalue weighted by atomic mass is 15.4. The Labute approximate surface area is 258 Å². The van der Waals surface area contributed by atoms with Gasteiger partial charge in [0.25, 0.3) is 0 Å². The lowest BCUT2D eigenvalue weighted by Crippen LogP contribution is -2.08. The van der Waals surface area contributed by atoms with Crippen molar-refractivity contribution in [3.05, 3.63) is 128 Å². The number of imidazole rings is 1. The van der Waals surface area contributed by atoms with E-state index in [0.29, 0.717) is 0 Å². The first kappa shape index (κ1) is 24.5. The highest BCUT2D eigenvalue weighted by Crippen LogP contribution is 2.38. The van der Waals surface area contributed by atoms with Crippen LogP contribution < -0.4 is 0 Å². The van der Waals surface area contributed by atoms with Crippen LogP contribution in [0.1, 0.15) is 6.42 Å². The molecule has 0 bridgehead atoms. The Morgan fingerprint density at radius 1 is 0.511 bits per heavy atom. The Kier molecular flexibility index (Phi) is 5.05. The zero-order valence-electron chi connectivity index (χ0n) is 24.4. The van der Waals surface area contributed by atoms with E-state index in [-0.39, 0.29) is 0 Å². The van der Waals surface area contributed by atoms with Gasteiger partial charge in [0.05, 0.1) is 40.2 Å². The lowest BCUT2D eigenvalue weighted by Gasteiger charge is -2.12. The first-order valence-electron chi connectivity index (χ1n) is 15.4. The van der Waals surface area contributed by atoms with Crippen LogP contribution in [0.2, 0.25) is 0 Å². The molecule has 0 amide bonds. The summed E-state index contributed by atoms with van der Waals surface area (Å²) >= 11 is 0. The smallest absolute Gasteiger partial charge is 0.215 e. The second-order valence-electron chi connectivity index (χ2n) is 11.8. The Balaban J connectivity index is 1.17. The average molecular weight is 582 g/mol. The van der Waals surface area contributed by atoms with Gasteiger partial charge in [0, 0.05) is 40.3 Å². The molecule has 5 heterocycles. The molecule has 4 aromatic heterocycles. The molecule has 7 nitrogen and oxygen atoms in total. The molecule has 9 aromatic rings. The number of aryl methyl sites for hydroxylation is 1. The largest absolute Gasteiger partial charge is 0.309 e. The van der Waals surface area contributed by atoms with Crippen molar-refractivity contribution in [2.45, 2.75) is 19.5 Å². The van der Waals surface area contributed by atoms with E-state index in [1.54, 1.807) is 0 Å². The van der Waals surface area contributed by atoms with E-state index >= 15 is 0 Å². The molecule has 45 heavy (non-hydrogen) atoms. The Morgan fingerprint density at radius 2 is 1.13 bits per heavy atom. The van der Waals surface area contributed by atoms with Crippen LogP contribution in [0, 0.1) is 0 Å². The van der Waals surface area contributed by atoms with E-state index in [1.165, 1.54) is 49.4 Å². The van der Waals surface area contributed by atoms with Gasteiger partial charge in [-0.2, -0.15) is 0 Å². The van der Waals surface area contributed by atoms with E-state index in [9.17, 15) is 0 Å². The van der Waals surface area contributed by atoms with Crippen LogP contribution in [0.25, 0.3) is 77.8 Å². The zero-order valence-corrected chi connectivity index (χ0v) is 24.4. The van der Waals surface area contributed by atoms with Gasteiger partial charge in [0.1, 0.15) is 5.69 Å². The first-order chi connectivity index (χ1) is 22.3. The zero-order chi connectivity index (χ0) is 29.5. The van der Waals surface area contributed by atoms with Crippen LogP contribution in [0.4, 0.5) is 0 Å². The summed E-state index contributed by atoms with van der Waals surface area (Å²) in [4.78, 5) is 4.99. The molecule has 10 rings (SSSR count). The highest BCUT2D eigenvalue weighted by molar-refractivity contribution is 6.12. The summed E-state index contributed by atoms with van der Waals surface area (Å²) in [6, 6.07) is 41.7. The molecule has 0 fully saturated rings. The Bertz CT molecular complexity index is 2580. The van der Waals surface area contributed by atoms with Crippen molar-refractivity contribution in [3.63, 3.8) is 0 Å². The SMILES string of the molecule is c1ccc(-n2c3ccccc3c3cc(-c4ccc5c(c4)c4ccccc4n5-c4ncc5n4CCCn4nncc4-5)ccc32)cc1. The maximum atomic E-state index is 4.99. The minimum atomic E-state index is 0.849. The van der Waals surface area contributed by atoms with Crippen molar-refractivity contribution in [1.82, 2.24) is 33.7 Å². The third kappa shape index (κ3) is 3.49. The second-order valence-corrected chi connectivity index (χ2v) is 11.8. The summed E-state index contributed by atoms with van der Waals surface area (Å²) in [7, 11) is 0. The second kappa shape index (κ2) is 9.27. The summed E-state index contributed by atoms with van der Waals surface area (Å²) < 4.78 is 8.98. The number of aromatic nitrogens is 7. The topological polar surface area (TPSA) is 58.4 Å². The Morgan fingerprint density at radius 3 is 1.87 bits per heavy atom. The Hall–Kier alpha value is -5.95. The van der Waals surface area contributed by atoms with Crippen molar-refractivity contribution in [3.8, 4) is 34.2 Å². The van der Waals surface area contributed by atoms with Crippen molar-refractivity contribution in [2.75, 3.05) is 0 Å². The fourth-order valence-electron chi connectivity index (χ4n) is 7.34. The van der Waals surface area contributed by atoms with E-state index in [0.717, 1.165) is 47.9 Å². The first-order valence-corrected chi connectivity index (χ1v) is 15.4. The monoisotopic (exact) mass is 581 g/mol. The van der Waals surface area contributed by atoms with Gasteiger partial charge in [-0.25, -0.2) is 9.67 Å². The van der Waals surface area contributed by atoms with Crippen molar-refractivity contribution in [1.29, 1.82) is 0 Å². The van der Waals surface area contributed by atoms with Gasteiger partial charge < -0.3 is 9.13 Å². The maximum absolute atomic E-state index is 4.99. The van der Waals surface area contributed by atoms with Crippen molar-refractivity contribution in [2.24, 2.45) is 0 Å². The molecule has 0 spiro atoms. The third-order valence-corrected chi connectivity index (χ3v) is 9.36. The van der Waals surface area contributed by atoms with Crippen LogP contribution in [0.5, 0.6) is 0 Å². The standard InChI is InChI=1S/C38H27N7/c1-2-9-27(10-3-1)44-32-13-6-4-11-28(32)30-21-25(15-17-34(30)44)26-16-18-35-31(22-26)29-12-5-7-14-33(29)45(35)38-39-23-36-37-24-40-41-43(37)20-8-19-42(36)38/h1-7,9-18,21-24H,8,19-20H2. The normalized spacial score (nSPS) is 13.1. The minimum Gasteiger partial charge on any atom is -0.309 e. The van der Waals surface area contributed by atoms with E-state index in [2.05, 4.69) is 139 Å². The molecule has 0 atom stereocenters. The molecule has 0 radical (unpaired) electrons. The summed E-state index contributed by atoms with van der Waals surface area (Å²) in [5.74, 6) is 0.925. The van der Waals surface area contributed by atoms with Crippen LogP contribution in [-0.4, -0.2) is 33.7 Å². The summed E-state index contributed by atoms with van der Waals surface area (Å²) in [5.41, 5.74) is 10.3. The maximum Gasteiger partial charge on any atom is 0.215 e. The number of para-hydroxylation sites is 3. The van der Waals surface area contributed by atoms with Gasteiger partial charge in [0.2, 0.25) is 5.95 Å². The number of hydrogen-bond acceptors (Lipinski definition) is 3. The molecule has 0 aliphatic carbocycles. The predicted molar refractivity (Wildman–Crippen MR) is 180 cm³/mol. The lowest BCUT2D eigenvalue weighted by atomic mass is 10.0. The third-order valence-electron chi connectivity index (χ3n) is 9.36. The average Bonchev–Trinajstić information content (AvgIpc) is 3.85. The molecule has 0 unspecified atom stereocenters. The number of benzene rings is 5. The van der Waals surface area contributed by atoms with Gasteiger partial charge >= 0.3 is 0 Å². The van der Waals surface area contributed by atoms with E-state index in [4.69, 9.17) is 4.98 Å². The van der Waals surface area contributed by atoms with Gasteiger partial charge in [-0.05, 0) is 66.1 Å². The molecule has 0 saturated carbocycles. The van der Waals surface area contributed by atoms with E-state index < -0.39 is 0 Å². The number of hydrogen-bond donors (Lipinski definition) is 0. The fraction of sp³-hybridized carbons (Fsp3) is 0.0789. The number of fused-ring (bicyclic) bond motifs is 9. The van der Waals surface area contributed by atoms with Crippen LogP contribution in [0.3, 0.4) is 0 Å². The van der Waals surface area contributed by atoms with Crippen molar-refractivity contribution >= 4 is 43.6 Å². The van der Waals surface area contributed by atoms with Gasteiger partial charge in [-0.1, -0.05) is 71.9 Å². The number of rotatable bonds is 3. The molecule has 1 aliphatic heterocycles. The highest BCUT2D eigenvalue weighted by Gasteiger charge is 2.23. The van der Waals surface area contributed by atoms with Crippen LogP contribution in [-0.2, 0) is 13.1 Å². The molecule has 1 aliphatic rings. The fourth-order valence-corrected chi connectivity index (χ4v) is 7.34. The minimum absolute atomic E-state index is 0.849. The molecular formula is C38H27N7. The predicted octanol–water partition coefficient (Wildman–Crippen LogP) is 8.41. The summed E-state index contributed by atoms with van der Waals surface area (Å²) in [6.07, 6.45) is 4.78. The molecular weight excluding hydrogens is 554 g/mol. The molecule has 0 saturated heterocycles. The van der Waals surface area contributed by atoms with Crippen molar-refractivity contribution < 1.29 is 0 Å². The molecule has 5 aromatic carbocycles. The molecule has 0 N–H and O–H groups in total. The number of nitrogens with zero attached hydrogens (tertiary/aromatic N) is 7. The van der Waals surface area contributed by atoms with Crippen LogP contribution in [0.15, 0.2) is 128 Å². The molecule has 7 heteroatoms. The summed E-state index contributed by atoms with van der Waals surface area (Å²) in [6.45, 7) is 1.72. The van der Waals surface area contributed by atoms with Crippen LogP contribution >= 0.6 is 0 Å². The lowest BCUT2D eigenvalue weighted by molar-refractivity contribution is 0.537. The van der Waals surface area contributed by atoms with Gasteiger partial charge in [-0.15, -0.1) is 5.10 Å². The van der Waals surface area contributed by atoms with E-state index in [1.807, 2.05) is 17.1 Å². The van der Waals surface area contributed by atoms with Gasteiger partial charge in [0.15, 0.2) is 0 Å². The quantitative estimate of drug-likeness (QED) is 0.211. The van der Waals surface area contributed by atoms with Gasteiger partial charge in [-0.3, -0.25) is 4.57 Å². The molecule has 214 valence electrons. The summed E-state index contributed by atoms with van der Waals surface area (Å²) in [5, 5.41) is 13.4.